The molecule has 3 rings (SSSR count). The van der Waals surface area contributed by atoms with Crippen molar-refractivity contribution in [3.63, 3.8) is 0 Å². The molecule has 116 valence electrons. The van der Waals surface area contributed by atoms with Crippen molar-refractivity contribution in [1.29, 1.82) is 0 Å². The van der Waals surface area contributed by atoms with Gasteiger partial charge in [0.15, 0.2) is 0 Å². The van der Waals surface area contributed by atoms with E-state index in [0.29, 0.717) is 5.95 Å². The predicted molar refractivity (Wildman–Crippen MR) is 91.7 cm³/mol. The van der Waals surface area contributed by atoms with E-state index >= 15 is 0 Å². The lowest BCUT2D eigenvalue weighted by Crippen LogP contribution is -2.30. The molecule has 2 heterocycles. The van der Waals surface area contributed by atoms with Gasteiger partial charge in [0.1, 0.15) is 5.82 Å². The van der Waals surface area contributed by atoms with Gasteiger partial charge < -0.3 is 10.2 Å². The molecule has 0 radical (unpaired) electrons. The number of hydrogen-bond acceptors (Lipinski definition) is 4. The highest BCUT2D eigenvalue weighted by Crippen LogP contribution is 2.18. The van der Waals surface area contributed by atoms with E-state index in [1.807, 2.05) is 24.4 Å². The monoisotopic (exact) mass is 316 g/mol. The Morgan fingerprint density at radius 1 is 1.05 bits per heavy atom. The molecular weight excluding hydrogens is 296 g/mol. The summed E-state index contributed by atoms with van der Waals surface area (Å²) in [6.07, 6.45) is 6.59. The zero-order valence-electron chi connectivity index (χ0n) is 12.6. The minimum absolute atomic E-state index is 0.706. The highest BCUT2D eigenvalue weighted by molar-refractivity contribution is 6.30. The second-order valence-electron chi connectivity index (χ2n) is 5.59. The maximum atomic E-state index is 5.89. The van der Waals surface area contributed by atoms with Crippen LogP contribution in [0.3, 0.4) is 0 Å². The topological polar surface area (TPSA) is 41.1 Å². The molecule has 1 N–H and O–H groups in total. The Labute approximate surface area is 136 Å². The quantitative estimate of drug-likeness (QED) is 0.911. The van der Waals surface area contributed by atoms with Crippen LogP contribution in [0.4, 0.5) is 11.8 Å². The van der Waals surface area contributed by atoms with Crippen molar-refractivity contribution in [3.8, 4) is 0 Å². The lowest BCUT2D eigenvalue weighted by Gasteiger charge is -2.27. The molecule has 0 saturated carbocycles. The minimum Gasteiger partial charge on any atom is -0.356 e. The molecule has 4 nitrogen and oxygen atoms in total. The van der Waals surface area contributed by atoms with Gasteiger partial charge in [-0.05, 0) is 49.4 Å². The number of piperidine rings is 1. The number of hydrogen-bond donors (Lipinski definition) is 1. The molecule has 1 aromatic carbocycles. The van der Waals surface area contributed by atoms with Gasteiger partial charge in [-0.25, -0.2) is 4.98 Å². The van der Waals surface area contributed by atoms with E-state index in [0.717, 1.165) is 36.9 Å². The fourth-order valence-corrected chi connectivity index (χ4v) is 2.83. The van der Waals surface area contributed by atoms with Crippen molar-refractivity contribution < 1.29 is 0 Å². The van der Waals surface area contributed by atoms with Crippen molar-refractivity contribution in [2.45, 2.75) is 25.7 Å². The summed E-state index contributed by atoms with van der Waals surface area (Å²) in [7, 11) is 0. The lowest BCUT2D eigenvalue weighted by atomic mass is 10.1. The average Bonchev–Trinajstić information content (AvgIpc) is 2.58. The molecule has 0 amide bonds. The molecule has 0 spiro atoms. The maximum Gasteiger partial charge on any atom is 0.224 e. The summed E-state index contributed by atoms with van der Waals surface area (Å²) in [5.41, 5.74) is 1.25. The van der Waals surface area contributed by atoms with E-state index in [1.54, 1.807) is 0 Å². The van der Waals surface area contributed by atoms with Gasteiger partial charge >= 0.3 is 0 Å². The second-order valence-corrected chi connectivity index (χ2v) is 6.03. The number of nitrogens with one attached hydrogen (secondary N) is 1. The lowest BCUT2D eigenvalue weighted by molar-refractivity contribution is 0.573. The molecule has 1 aliphatic rings. The summed E-state index contributed by atoms with van der Waals surface area (Å²) < 4.78 is 0. The smallest absolute Gasteiger partial charge is 0.224 e. The summed E-state index contributed by atoms with van der Waals surface area (Å²) in [6.45, 7) is 3.01. The van der Waals surface area contributed by atoms with Gasteiger partial charge in [-0.3, -0.25) is 0 Å². The Balaban J connectivity index is 1.55. The first-order valence-electron chi connectivity index (χ1n) is 7.87. The van der Waals surface area contributed by atoms with Crippen LogP contribution in [0.5, 0.6) is 0 Å². The van der Waals surface area contributed by atoms with Crippen LogP contribution < -0.4 is 10.2 Å². The van der Waals surface area contributed by atoms with E-state index in [2.05, 4.69) is 32.3 Å². The van der Waals surface area contributed by atoms with E-state index in [4.69, 9.17) is 11.6 Å². The van der Waals surface area contributed by atoms with Crippen LogP contribution >= 0.6 is 11.6 Å². The van der Waals surface area contributed by atoms with Crippen molar-refractivity contribution in [2.24, 2.45) is 0 Å². The molecule has 22 heavy (non-hydrogen) atoms. The highest BCUT2D eigenvalue weighted by Gasteiger charge is 2.12. The van der Waals surface area contributed by atoms with Crippen molar-refractivity contribution in [3.05, 3.63) is 47.1 Å². The summed E-state index contributed by atoms with van der Waals surface area (Å²) in [5, 5.41) is 4.08. The van der Waals surface area contributed by atoms with Gasteiger partial charge in [0.05, 0.1) is 0 Å². The first-order valence-corrected chi connectivity index (χ1v) is 8.25. The van der Waals surface area contributed by atoms with Crippen LogP contribution in [0.1, 0.15) is 24.8 Å². The van der Waals surface area contributed by atoms with Gasteiger partial charge in [0.25, 0.3) is 0 Å². The number of rotatable bonds is 5. The molecule has 1 aromatic heterocycles. The van der Waals surface area contributed by atoms with Crippen LogP contribution in [-0.2, 0) is 6.42 Å². The molecule has 0 atom stereocenters. The van der Waals surface area contributed by atoms with Crippen molar-refractivity contribution >= 4 is 23.4 Å². The van der Waals surface area contributed by atoms with Crippen LogP contribution in [0, 0.1) is 0 Å². The third kappa shape index (κ3) is 4.10. The number of nitrogens with zero attached hydrogens (tertiary/aromatic N) is 3. The number of halogens is 1. The summed E-state index contributed by atoms with van der Waals surface area (Å²) >= 11 is 5.89. The van der Waals surface area contributed by atoms with E-state index in [1.165, 1.54) is 24.8 Å². The van der Waals surface area contributed by atoms with Gasteiger partial charge in [-0.15, -0.1) is 0 Å². The summed E-state index contributed by atoms with van der Waals surface area (Å²) in [4.78, 5) is 11.3. The first kappa shape index (κ1) is 15.1. The van der Waals surface area contributed by atoms with Gasteiger partial charge in [0.2, 0.25) is 5.95 Å². The largest absolute Gasteiger partial charge is 0.356 e. The molecule has 1 fully saturated rings. The van der Waals surface area contributed by atoms with Gasteiger partial charge in [-0.1, -0.05) is 23.7 Å². The Bertz CT molecular complexity index is 594. The summed E-state index contributed by atoms with van der Waals surface area (Å²) in [5.74, 6) is 1.74. The van der Waals surface area contributed by atoms with Gasteiger partial charge in [0, 0.05) is 30.9 Å². The zero-order valence-corrected chi connectivity index (χ0v) is 13.4. The molecule has 0 unspecified atom stereocenters. The maximum absolute atomic E-state index is 5.89. The zero-order chi connectivity index (χ0) is 15.2. The standard InChI is InChI=1S/C17H21ClN4/c18-15-6-4-14(5-7-15)8-10-19-17-20-11-9-16(21-17)22-12-2-1-3-13-22/h4-7,9,11H,1-3,8,10,12-13H2,(H,19,20,21). The minimum atomic E-state index is 0.706. The number of anilines is 2. The van der Waals surface area contributed by atoms with Crippen LogP contribution in [-0.4, -0.2) is 29.6 Å². The van der Waals surface area contributed by atoms with Crippen molar-refractivity contribution in [1.82, 2.24) is 9.97 Å². The Morgan fingerprint density at radius 2 is 1.82 bits per heavy atom. The Kier molecular flexibility index (Phi) is 5.11. The van der Waals surface area contributed by atoms with E-state index < -0.39 is 0 Å². The fourth-order valence-electron chi connectivity index (χ4n) is 2.70. The average molecular weight is 317 g/mol. The van der Waals surface area contributed by atoms with Gasteiger partial charge in [-0.2, -0.15) is 4.98 Å². The SMILES string of the molecule is Clc1ccc(CCNc2nccc(N3CCCCC3)n2)cc1. The Hall–Kier alpha value is -1.81. The van der Waals surface area contributed by atoms with Crippen LogP contribution in [0.25, 0.3) is 0 Å². The molecule has 1 aliphatic heterocycles. The molecule has 2 aromatic rings. The highest BCUT2D eigenvalue weighted by atomic mass is 35.5. The fraction of sp³-hybridized carbons (Fsp3) is 0.412. The molecule has 0 bridgehead atoms. The second kappa shape index (κ2) is 7.45. The Morgan fingerprint density at radius 3 is 2.59 bits per heavy atom. The third-order valence-corrected chi connectivity index (χ3v) is 4.18. The molecule has 5 heteroatoms. The van der Waals surface area contributed by atoms with Crippen molar-refractivity contribution in [2.75, 3.05) is 29.9 Å². The number of benzene rings is 1. The van der Waals surface area contributed by atoms with E-state index in [-0.39, 0.29) is 0 Å². The molecular formula is C17H21ClN4. The normalized spacial score (nSPS) is 14.9. The first-order chi connectivity index (χ1) is 10.8. The predicted octanol–water partition coefficient (Wildman–Crippen LogP) is 3.77. The summed E-state index contributed by atoms with van der Waals surface area (Å²) in [6, 6.07) is 9.94. The third-order valence-electron chi connectivity index (χ3n) is 3.93. The van der Waals surface area contributed by atoms with E-state index in [9.17, 15) is 0 Å². The number of aromatic nitrogens is 2. The molecule has 1 saturated heterocycles. The van der Waals surface area contributed by atoms with Crippen LogP contribution in [0.15, 0.2) is 36.5 Å². The molecule has 0 aliphatic carbocycles. The van der Waals surface area contributed by atoms with Crippen LogP contribution in [0.2, 0.25) is 5.02 Å².